The number of rotatable bonds is 3. The summed E-state index contributed by atoms with van der Waals surface area (Å²) in [5, 5.41) is 0. The molecular weight excluding hydrogens is 206 g/mol. The second kappa shape index (κ2) is 5.44. The highest BCUT2D eigenvalue weighted by atomic mass is 14.7. The van der Waals surface area contributed by atoms with Crippen LogP contribution in [0.5, 0.6) is 0 Å². The number of aliphatic imine (C=N–C) groups is 1. The molecule has 0 bridgehead atoms. The van der Waals surface area contributed by atoms with Gasteiger partial charge in [-0.1, -0.05) is 56.3 Å². The highest BCUT2D eigenvalue weighted by molar-refractivity contribution is 5.81. The first-order valence-electron chi connectivity index (χ1n) is 5.95. The Morgan fingerprint density at radius 1 is 0.882 bits per heavy atom. The van der Waals surface area contributed by atoms with Gasteiger partial charge < -0.3 is 0 Å². The Kier molecular flexibility index (Phi) is 3.71. The molecule has 0 aliphatic rings. The molecule has 0 aromatic heterocycles. The third-order valence-electron chi connectivity index (χ3n) is 2.72. The lowest BCUT2D eigenvalue weighted by Crippen LogP contribution is -1.87. The molecule has 0 N–H and O–H groups in total. The zero-order valence-corrected chi connectivity index (χ0v) is 10.3. The van der Waals surface area contributed by atoms with E-state index in [0.29, 0.717) is 5.92 Å². The summed E-state index contributed by atoms with van der Waals surface area (Å²) in [6.45, 7) is 4.40. The summed E-state index contributed by atoms with van der Waals surface area (Å²) in [5.41, 5.74) is 3.49. The van der Waals surface area contributed by atoms with Gasteiger partial charge in [0.15, 0.2) is 0 Å². The van der Waals surface area contributed by atoms with Crippen molar-refractivity contribution in [3.05, 3.63) is 65.7 Å². The average Bonchev–Trinajstić information content (AvgIpc) is 2.38. The standard InChI is InChI=1S/C16H17N/c1-13(2)15-10-8-14(9-11-15)12-17-16-6-4-3-5-7-16/h3-13H,1-2H3/b17-12+. The minimum absolute atomic E-state index is 0.579. The minimum Gasteiger partial charge on any atom is -0.256 e. The Morgan fingerprint density at radius 3 is 2.12 bits per heavy atom. The molecule has 0 radical (unpaired) electrons. The van der Waals surface area contributed by atoms with Crippen LogP contribution in [0.1, 0.15) is 30.9 Å². The largest absolute Gasteiger partial charge is 0.256 e. The number of benzene rings is 2. The highest BCUT2D eigenvalue weighted by Gasteiger charge is 1.97. The topological polar surface area (TPSA) is 12.4 Å². The van der Waals surface area contributed by atoms with E-state index in [-0.39, 0.29) is 0 Å². The van der Waals surface area contributed by atoms with Crippen LogP contribution in [0.3, 0.4) is 0 Å². The van der Waals surface area contributed by atoms with Crippen molar-refractivity contribution in [3.63, 3.8) is 0 Å². The molecule has 2 aromatic carbocycles. The van der Waals surface area contributed by atoms with Crippen LogP contribution in [0.2, 0.25) is 0 Å². The molecule has 17 heavy (non-hydrogen) atoms. The van der Waals surface area contributed by atoms with Gasteiger partial charge in [0.05, 0.1) is 5.69 Å². The van der Waals surface area contributed by atoms with E-state index in [4.69, 9.17) is 0 Å². The lowest BCUT2D eigenvalue weighted by Gasteiger charge is -2.04. The van der Waals surface area contributed by atoms with Gasteiger partial charge in [-0.3, -0.25) is 4.99 Å². The van der Waals surface area contributed by atoms with Crippen LogP contribution in [-0.2, 0) is 0 Å². The smallest absolute Gasteiger partial charge is 0.0629 e. The van der Waals surface area contributed by atoms with E-state index in [1.165, 1.54) is 5.56 Å². The third kappa shape index (κ3) is 3.28. The van der Waals surface area contributed by atoms with Crippen molar-refractivity contribution >= 4 is 11.9 Å². The zero-order valence-electron chi connectivity index (χ0n) is 10.3. The molecule has 0 heterocycles. The first-order valence-corrected chi connectivity index (χ1v) is 5.95. The molecule has 86 valence electrons. The molecule has 2 rings (SSSR count). The Morgan fingerprint density at radius 2 is 1.53 bits per heavy atom. The fraction of sp³-hybridized carbons (Fsp3) is 0.188. The van der Waals surface area contributed by atoms with E-state index in [0.717, 1.165) is 11.3 Å². The van der Waals surface area contributed by atoms with Gasteiger partial charge in [0.25, 0.3) is 0 Å². The molecule has 1 nitrogen and oxygen atoms in total. The van der Waals surface area contributed by atoms with E-state index < -0.39 is 0 Å². The van der Waals surface area contributed by atoms with Crippen molar-refractivity contribution in [2.45, 2.75) is 19.8 Å². The number of hydrogen-bond donors (Lipinski definition) is 0. The molecule has 1 heteroatoms. The predicted octanol–water partition coefficient (Wildman–Crippen LogP) is 4.56. The first kappa shape index (κ1) is 11.6. The van der Waals surface area contributed by atoms with Crippen LogP contribution in [0.15, 0.2) is 59.6 Å². The molecule has 0 spiro atoms. The summed E-state index contributed by atoms with van der Waals surface area (Å²) in [7, 11) is 0. The second-order valence-corrected chi connectivity index (χ2v) is 4.42. The van der Waals surface area contributed by atoms with Gasteiger partial charge in [-0.15, -0.1) is 0 Å². The maximum Gasteiger partial charge on any atom is 0.0629 e. The summed E-state index contributed by atoms with van der Waals surface area (Å²) in [6.07, 6.45) is 1.90. The van der Waals surface area contributed by atoms with Crippen LogP contribution in [0, 0.1) is 0 Å². The SMILES string of the molecule is CC(C)c1ccc(/C=N/c2ccccc2)cc1. The second-order valence-electron chi connectivity index (χ2n) is 4.42. The Labute approximate surface area is 103 Å². The van der Waals surface area contributed by atoms with E-state index in [1.54, 1.807) is 0 Å². The van der Waals surface area contributed by atoms with E-state index in [9.17, 15) is 0 Å². The number of hydrogen-bond acceptors (Lipinski definition) is 1. The lowest BCUT2D eigenvalue weighted by molar-refractivity contribution is 0.866. The minimum atomic E-state index is 0.579. The third-order valence-corrected chi connectivity index (χ3v) is 2.72. The van der Waals surface area contributed by atoms with Gasteiger partial charge >= 0.3 is 0 Å². The number of para-hydroxylation sites is 1. The van der Waals surface area contributed by atoms with Crippen molar-refractivity contribution in [1.29, 1.82) is 0 Å². The molecule has 0 fully saturated rings. The summed E-state index contributed by atoms with van der Waals surface area (Å²) in [5.74, 6) is 0.579. The van der Waals surface area contributed by atoms with E-state index >= 15 is 0 Å². The summed E-state index contributed by atoms with van der Waals surface area (Å²) < 4.78 is 0. The Bertz CT molecular complexity index is 481. The molecule has 0 saturated carbocycles. The Balaban J connectivity index is 2.12. The predicted molar refractivity (Wildman–Crippen MR) is 74.2 cm³/mol. The van der Waals surface area contributed by atoms with Crippen molar-refractivity contribution in [2.24, 2.45) is 4.99 Å². The summed E-state index contributed by atoms with van der Waals surface area (Å²) in [4.78, 5) is 4.43. The highest BCUT2D eigenvalue weighted by Crippen LogP contribution is 2.15. The van der Waals surface area contributed by atoms with Gasteiger partial charge in [0.2, 0.25) is 0 Å². The van der Waals surface area contributed by atoms with E-state index in [2.05, 4.69) is 43.1 Å². The van der Waals surface area contributed by atoms with Crippen LogP contribution < -0.4 is 0 Å². The number of nitrogens with zero attached hydrogens (tertiary/aromatic N) is 1. The quantitative estimate of drug-likeness (QED) is 0.676. The van der Waals surface area contributed by atoms with Crippen LogP contribution >= 0.6 is 0 Å². The van der Waals surface area contributed by atoms with E-state index in [1.807, 2.05) is 36.5 Å². The van der Waals surface area contributed by atoms with Crippen molar-refractivity contribution in [3.8, 4) is 0 Å². The van der Waals surface area contributed by atoms with Gasteiger partial charge in [-0.2, -0.15) is 0 Å². The van der Waals surface area contributed by atoms with Gasteiger partial charge in [0.1, 0.15) is 0 Å². The molecule has 0 saturated heterocycles. The molecule has 2 aromatic rings. The van der Waals surface area contributed by atoms with Crippen molar-refractivity contribution < 1.29 is 0 Å². The zero-order chi connectivity index (χ0) is 12.1. The molecule has 0 unspecified atom stereocenters. The molecular formula is C16H17N. The van der Waals surface area contributed by atoms with Gasteiger partial charge in [0, 0.05) is 6.21 Å². The summed E-state index contributed by atoms with van der Waals surface area (Å²) in [6, 6.07) is 18.5. The maximum absolute atomic E-state index is 4.43. The van der Waals surface area contributed by atoms with Crippen molar-refractivity contribution in [1.82, 2.24) is 0 Å². The monoisotopic (exact) mass is 223 g/mol. The van der Waals surface area contributed by atoms with Crippen LogP contribution in [0.4, 0.5) is 5.69 Å². The Hall–Kier alpha value is -1.89. The van der Waals surface area contributed by atoms with Gasteiger partial charge in [-0.05, 0) is 29.2 Å². The molecule has 0 atom stereocenters. The summed E-state index contributed by atoms with van der Waals surface area (Å²) >= 11 is 0. The fourth-order valence-corrected chi connectivity index (χ4v) is 1.63. The molecule has 0 aliphatic heterocycles. The van der Waals surface area contributed by atoms with Crippen molar-refractivity contribution in [2.75, 3.05) is 0 Å². The van der Waals surface area contributed by atoms with Crippen LogP contribution in [0.25, 0.3) is 0 Å². The molecule has 0 amide bonds. The van der Waals surface area contributed by atoms with Gasteiger partial charge in [-0.25, -0.2) is 0 Å². The maximum atomic E-state index is 4.43. The molecule has 0 aliphatic carbocycles. The average molecular weight is 223 g/mol. The first-order chi connectivity index (χ1) is 8.25. The normalized spacial score (nSPS) is 11.2. The van der Waals surface area contributed by atoms with Crippen LogP contribution in [-0.4, -0.2) is 6.21 Å². The fourth-order valence-electron chi connectivity index (χ4n) is 1.63. The lowest BCUT2D eigenvalue weighted by atomic mass is 10.0.